The molecule has 4 saturated heterocycles. The molecule has 0 amide bonds. The van der Waals surface area contributed by atoms with E-state index < -0.39 is 0 Å². The number of thiocarbonyl (C=S) groups is 4. The van der Waals surface area contributed by atoms with Crippen molar-refractivity contribution in [2.45, 2.75) is 25.7 Å². The van der Waals surface area contributed by atoms with E-state index in [1.807, 2.05) is 28.2 Å². The summed E-state index contributed by atoms with van der Waals surface area (Å²) >= 11 is 19.8. The maximum absolute atomic E-state index is 4.94. The van der Waals surface area contributed by atoms with Crippen molar-refractivity contribution in [1.82, 2.24) is 40.9 Å². The molecule has 4 aliphatic heterocycles. The van der Waals surface area contributed by atoms with E-state index in [4.69, 9.17) is 48.9 Å². The predicted molar refractivity (Wildman–Crippen MR) is 151 cm³/mol. The third-order valence-corrected chi connectivity index (χ3v) is 7.00. The van der Waals surface area contributed by atoms with Crippen LogP contribution in [0.1, 0.15) is 25.7 Å². The summed E-state index contributed by atoms with van der Waals surface area (Å²) in [6.07, 6.45) is 4.82. The van der Waals surface area contributed by atoms with Crippen LogP contribution in [-0.4, -0.2) is 121 Å². The van der Waals surface area contributed by atoms with Crippen LogP contribution in [0.2, 0.25) is 0 Å². The van der Waals surface area contributed by atoms with Crippen molar-refractivity contribution < 1.29 is 21.1 Å². The largest absolute Gasteiger partial charge is 0.363 e. The first-order chi connectivity index (χ1) is 15.2. The Labute approximate surface area is 236 Å². The van der Waals surface area contributed by atoms with Gasteiger partial charge in [0.1, 0.15) is 0 Å². The molecule has 0 atom stereocenters. The van der Waals surface area contributed by atoms with Crippen LogP contribution in [0, 0.1) is 0 Å². The molecule has 4 fully saturated rings. The average Bonchev–Trinajstić information content (AvgIpc) is 2.78. The van der Waals surface area contributed by atoms with Gasteiger partial charge in [0.25, 0.3) is 0 Å². The van der Waals surface area contributed by atoms with Gasteiger partial charge >= 0.3 is 0 Å². The van der Waals surface area contributed by atoms with E-state index >= 15 is 0 Å². The topological polar surface area (TPSA) is 61.1 Å². The van der Waals surface area contributed by atoms with E-state index in [0.29, 0.717) is 0 Å². The second-order valence-corrected chi connectivity index (χ2v) is 9.57. The Hall–Kier alpha value is -0.552. The Balaban J connectivity index is 0.000000410. The average molecular weight is 716 g/mol. The monoisotopic (exact) mass is 715 g/mol. The van der Waals surface area contributed by atoms with E-state index in [1.165, 1.54) is 25.7 Å². The molecule has 194 valence electrons. The molecule has 0 aromatic rings. The third-order valence-electron chi connectivity index (χ3n) is 5.17. The fraction of sp³-hybridized carbons (Fsp3) is 0.800. The van der Waals surface area contributed by atoms with Gasteiger partial charge in [-0.25, -0.2) is 0 Å². The van der Waals surface area contributed by atoms with E-state index in [1.54, 1.807) is 0 Å². The van der Waals surface area contributed by atoms with Crippen molar-refractivity contribution in [2.75, 3.05) is 80.5 Å². The molecule has 13 heteroatoms. The maximum atomic E-state index is 4.94. The van der Waals surface area contributed by atoms with Crippen LogP contribution in [0.4, 0.5) is 0 Å². The van der Waals surface area contributed by atoms with Crippen molar-refractivity contribution in [2.24, 2.45) is 0 Å². The summed E-state index contributed by atoms with van der Waals surface area (Å²) in [4.78, 5) is 8.22. The Bertz CT molecular complexity index is 521. The van der Waals surface area contributed by atoms with Crippen LogP contribution in [0.5, 0.6) is 0 Å². The van der Waals surface area contributed by atoms with E-state index in [-0.39, 0.29) is 21.1 Å². The van der Waals surface area contributed by atoms with E-state index in [0.717, 1.165) is 72.8 Å². The molecule has 4 aliphatic rings. The molecule has 0 radical (unpaired) electrons. The zero-order chi connectivity index (χ0) is 23.9. The molecule has 0 saturated carbocycles. The van der Waals surface area contributed by atoms with Gasteiger partial charge in [0.05, 0.1) is 0 Å². The van der Waals surface area contributed by atoms with Gasteiger partial charge in [0, 0.05) is 102 Å². The summed E-state index contributed by atoms with van der Waals surface area (Å²) in [6.45, 7) is 8.59. The standard InChI is InChI=1S/4C5H10N2S.Pt/c4*1-7-4-2-3-6-5(7)8;/h4*2-4H2,1H3,(H,6,8);. The van der Waals surface area contributed by atoms with Gasteiger partial charge in [-0.1, -0.05) is 0 Å². The number of nitrogens with zero attached hydrogens (tertiary/aromatic N) is 4. The molecule has 0 bridgehead atoms. The molecule has 0 unspecified atom stereocenters. The predicted octanol–water partition coefficient (Wildman–Crippen LogP) is 0.783. The quantitative estimate of drug-likeness (QED) is 0.269. The normalized spacial score (nSPS) is 20.0. The first-order valence-corrected chi connectivity index (χ1v) is 12.8. The van der Waals surface area contributed by atoms with Crippen molar-refractivity contribution in [3.63, 3.8) is 0 Å². The Morgan fingerprint density at radius 1 is 0.455 bits per heavy atom. The summed E-state index contributed by atoms with van der Waals surface area (Å²) in [7, 11) is 8.03. The molecular formula is C20H40N8PtS4. The van der Waals surface area contributed by atoms with Crippen LogP contribution < -0.4 is 21.3 Å². The zero-order valence-electron chi connectivity index (χ0n) is 20.2. The Morgan fingerprint density at radius 3 is 0.727 bits per heavy atom. The van der Waals surface area contributed by atoms with Gasteiger partial charge in [0.15, 0.2) is 20.4 Å². The van der Waals surface area contributed by atoms with E-state index in [2.05, 4.69) is 40.9 Å². The molecule has 0 spiro atoms. The van der Waals surface area contributed by atoms with Crippen molar-refractivity contribution >= 4 is 69.3 Å². The zero-order valence-corrected chi connectivity index (χ0v) is 25.8. The van der Waals surface area contributed by atoms with Crippen LogP contribution in [0.15, 0.2) is 0 Å². The third kappa shape index (κ3) is 14.4. The minimum Gasteiger partial charge on any atom is -0.363 e. The number of hydrogen-bond acceptors (Lipinski definition) is 4. The molecular weight excluding hydrogens is 676 g/mol. The Kier molecular flexibility index (Phi) is 18.4. The van der Waals surface area contributed by atoms with Crippen molar-refractivity contribution in [3.05, 3.63) is 0 Å². The summed E-state index contributed by atoms with van der Waals surface area (Å²) in [6, 6.07) is 0. The molecule has 33 heavy (non-hydrogen) atoms. The molecule has 4 rings (SSSR count). The molecule has 0 aromatic heterocycles. The Morgan fingerprint density at radius 2 is 0.636 bits per heavy atom. The molecule has 4 heterocycles. The van der Waals surface area contributed by atoms with Crippen molar-refractivity contribution in [1.29, 1.82) is 0 Å². The van der Waals surface area contributed by atoms with Crippen LogP contribution >= 0.6 is 48.9 Å². The van der Waals surface area contributed by atoms with Gasteiger partial charge in [0.2, 0.25) is 0 Å². The second-order valence-electron chi connectivity index (χ2n) is 8.03. The van der Waals surface area contributed by atoms with E-state index in [9.17, 15) is 0 Å². The SMILES string of the molecule is CN1CCCNC1=S.CN1CCCNC1=S.CN1CCCNC1=S.CN1CCCNC1=S.[Pt]. The second kappa shape index (κ2) is 18.7. The van der Waals surface area contributed by atoms with Gasteiger partial charge in [-0.15, -0.1) is 0 Å². The fourth-order valence-electron chi connectivity index (χ4n) is 2.99. The number of nitrogens with one attached hydrogen (secondary N) is 4. The summed E-state index contributed by atoms with van der Waals surface area (Å²) < 4.78 is 0. The van der Waals surface area contributed by atoms with Gasteiger partial charge in [-0.2, -0.15) is 0 Å². The molecule has 0 aliphatic carbocycles. The van der Waals surface area contributed by atoms with Crippen LogP contribution in [-0.2, 0) is 21.1 Å². The number of hydrogen-bond donors (Lipinski definition) is 4. The van der Waals surface area contributed by atoms with Gasteiger partial charge in [-0.3, -0.25) is 0 Å². The molecule has 0 aromatic carbocycles. The van der Waals surface area contributed by atoms with Gasteiger partial charge in [-0.05, 0) is 74.6 Å². The smallest absolute Gasteiger partial charge is 0.168 e. The molecule has 8 nitrogen and oxygen atoms in total. The van der Waals surface area contributed by atoms with Crippen LogP contribution in [0.3, 0.4) is 0 Å². The first kappa shape index (κ1) is 32.4. The summed E-state index contributed by atoms with van der Waals surface area (Å²) in [5, 5.41) is 15.9. The summed E-state index contributed by atoms with van der Waals surface area (Å²) in [5.74, 6) is 0. The minimum absolute atomic E-state index is 0. The van der Waals surface area contributed by atoms with Crippen molar-refractivity contribution in [3.8, 4) is 0 Å². The summed E-state index contributed by atoms with van der Waals surface area (Å²) in [5.41, 5.74) is 0. The molecule has 4 N–H and O–H groups in total. The first-order valence-electron chi connectivity index (χ1n) is 11.2. The minimum atomic E-state index is 0. The van der Waals surface area contributed by atoms with Gasteiger partial charge < -0.3 is 40.9 Å². The maximum Gasteiger partial charge on any atom is 0.168 e. The van der Waals surface area contributed by atoms with Crippen LogP contribution in [0.25, 0.3) is 0 Å². The number of rotatable bonds is 0. The fourth-order valence-corrected chi connectivity index (χ4v) is 3.77.